The van der Waals surface area contributed by atoms with Crippen molar-refractivity contribution in [3.63, 3.8) is 0 Å². The van der Waals surface area contributed by atoms with Crippen molar-refractivity contribution in [1.29, 1.82) is 0 Å². The summed E-state index contributed by atoms with van der Waals surface area (Å²) in [6.45, 7) is 5.27. The maximum Gasteiger partial charge on any atom is 0.266 e. The molecular formula is C29H37N3O3. The van der Waals surface area contributed by atoms with Crippen LogP contribution in [0.2, 0.25) is 0 Å². The Labute approximate surface area is 207 Å². The number of ether oxygens (including phenoxy) is 1. The maximum absolute atomic E-state index is 13.9. The Morgan fingerprint density at radius 2 is 1.83 bits per heavy atom. The number of aromatic nitrogens is 2. The van der Waals surface area contributed by atoms with Crippen LogP contribution in [0.3, 0.4) is 0 Å². The van der Waals surface area contributed by atoms with Crippen LogP contribution in [0.1, 0.15) is 69.3 Å². The number of methoxy groups -OCH3 is 1. The van der Waals surface area contributed by atoms with Crippen molar-refractivity contribution in [2.75, 3.05) is 20.3 Å². The fraction of sp³-hybridized carbons (Fsp3) is 0.483. The summed E-state index contributed by atoms with van der Waals surface area (Å²) >= 11 is 0. The molecule has 1 fully saturated rings. The van der Waals surface area contributed by atoms with Crippen LogP contribution in [0, 0.1) is 12.8 Å². The summed E-state index contributed by atoms with van der Waals surface area (Å²) in [4.78, 5) is 34.7. The highest BCUT2D eigenvalue weighted by atomic mass is 16.5. The van der Waals surface area contributed by atoms with Crippen molar-refractivity contribution in [2.45, 2.75) is 64.8 Å². The van der Waals surface area contributed by atoms with Crippen LogP contribution >= 0.6 is 0 Å². The number of para-hydroxylation sites is 1. The number of benzene rings is 2. The average molecular weight is 476 g/mol. The number of carbonyl (C=O) groups excluding carboxylic acids is 1. The minimum absolute atomic E-state index is 0.0420. The molecule has 0 spiro atoms. The SMILES string of the molecule is CCC(c1nc2ccccc2c(=O)n1-c1ccc(C)cc1)N(CCCOC)C(=O)C1CCCCC1. The van der Waals surface area contributed by atoms with Crippen molar-refractivity contribution in [2.24, 2.45) is 5.92 Å². The van der Waals surface area contributed by atoms with Crippen LogP contribution in [-0.4, -0.2) is 40.6 Å². The lowest BCUT2D eigenvalue weighted by atomic mass is 9.87. The first-order chi connectivity index (χ1) is 17.0. The molecule has 4 rings (SSSR count). The summed E-state index contributed by atoms with van der Waals surface area (Å²) in [5, 5.41) is 0.580. The minimum atomic E-state index is -0.306. The Morgan fingerprint density at radius 3 is 2.51 bits per heavy atom. The molecule has 6 heteroatoms. The van der Waals surface area contributed by atoms with Gasteiger partial charge in [-0.15, -0.1) is 0 Å². The number of nitrogens with zero attached hydrogens (tertiary/aromatic N) is 3. The monoisotopic (exact) mass is 475 g/mol. The predicted molar refractivity (Wildman–Crippen MR) is 140 cm³/mol. The molecular weight excluding hydrogens is 438 g/mol. The molecule has 1 heterocycles. The highest BCUT2D eigenvalue weighted by molar-refractivity contribution is 5.80. The number of hydrogen-bond donors (Lipinski definition) is 0. The quantitative estimate of drug-likeness (QED) is 0.379. The summed E-state index contributed by atoms with van der Waals surface area (Å²) in [5.74, 6) is 0.854. The topological polar surface area (TPSA) is 64.4 Å². The molecule has 1 atom stereocenters. The summed E-state index contributed by atoms with van der Waals surface area (Å²) in [6, 6.07) is 15.1. The van der Waals surface area contributed by atoms with E-state index in [1.807, 2.05) is 60.4 Å². The Hall–Kier alpha value is -2.99. The maximum atomic E-state index is 13.9. The lowest BCUT2D eigenvalue weighted by molar-refractivity contribution is -0.139. The zero-order valence-electron chi connectivity index (χ0n) is 21.2. The summed E-state index contributed by atoms with van der Waals surface area (Å²) in [6.07, 6.45) is 6.68. The van der Waals surface area contributed by atoms with E-state index in [2.05, 4.69) is 6.92 Å². The molecule has 0 N–H and O–H groups in total. The first kappa shape index (κ1) is 25.1. The van der Waals surface area contributed by atoms with Gasteiger partial charge in [0.1, 0.15) is 5.82 Å². The van der Waals surface area contributed by atoms with E-state index in [0.29, 0.717) is 36.3 Å². The molecule has 35 heavy (non-hydrogen) atoms. The van der Waals surface area contributed by atoms with E-state index in [0.717, 1.165) is 43.4 Å². The Kier molecular flexibility index (Phi) is 8.34. The van der Waals surface area contributed by atoms with Gasteiger partial charge in [-0.25, -0.2) is 4.98 Å². The van der Waals surface area contributed by atoms with Crippen LogP contribution in [0.25, 0.3) is 16.6 Å². The molecule has 1 aliphatic carbocycles. The molecule has 1 unspecified atom stereocenters. The van der Waals surface area contributed by atoms with Crippen molar-refractivity contribution >= 4 is 16.8 Å². The molecule has 0 bridgehead atoms. The second-order valence-electron chi connectivity index (χ2n) is 9.60. The van der Waals surface area contributed by atoms with Gasteiger partial charge in [-0.3, -0.25) is 14.2 Å². The standard InChI is InChI=1S/C29H37N3O3/c1-4-26(31(19-10-20-35-3)28(33)22-11-6-5-7-12-22)27-30-25-14-9-8-13-24(25)29(34)32(27)23-17-15-21(2)16-18-23/h8-9,13-18,22,26H,4-7,10-12,19-20H2,1-3H3. The number of carbonyl (C=O) groups is 1. The molecule has 6 nitrogen and oxygen atoms in total. The second-order valence-corrected chi connectivity index (χ2v) is 9.60. The molecule has 3 aromatic rings. The van der Waals surface area contributed by atoms with E-state index in [1.54, 1.807) is 11.7 Å². The third-order valence-electron chi connectivity index (χ3n) is 7.14. The molecule has 2 aromatic carbocycles. The number of hydrogen-bond acceptors (Lipinski definition) is 4. The van der Waals surface area contributed by atoms with Crippen LogP contribution in [0.15, 0.2) is 53.3 Å². The Balaban J connectivity index is 1.86. The predicted octanol–water partition coefficient (Wildman–Crippen LogP) is 5.59. The summed E-state index contributed by atoms with van der Waals surface area (Å²) < 4.78 is 7.02. The van der Waals surface area contributed by atoms with Crippen molar-refractivity contribution in [3.8, 4) is 5.69 Å². The van der Waals surface area contributed by atoms with Gasteiger partial charge in [0.15, 0.2) is 0 Å². The molecule has 1 saturated carbocycles. The van der Waals surface area contributed by atoms with Crippen LogP contribution in [-0.2, 0) is 9.53 Å². The highest BCUT2D eigenvalue weighted by Crippen LogP contribution is 2.32. The van der Waals surface area contributed by atoms with Crippen molar-refractivity contribution in [3.05, 3.63) is 70.3 Å². The van der Waals surface area contributed by atoms with E-state index in [9.17, 15) is 9.59 Å². The van der Waals surface area contributed by atoms with Gasteiger partial charge in [0.25, 0.3) is 5.56 Å². The van der Waals surface area contributed by atoms with Crippen LogP contribution in [0.5, 0.6) is 0 Å². The number of aryl methyl sites for hydroxylation is 1. The van der Waals surface area contributed by atoms with E-state index < -0.39 is 0 Å². The van der Waals surface area contributed by atoms with Gasteiger partial charge in [-0.1, -0.05) is 56.0 Å². The molecule has 0 saturated heterocycles. The minimum Gasteiger partial charge on any atom is -0.385 e. The largest absolute Gasteiger partial charge is 0.385 e. The van der Waals surface area contributed by atoms with E-state index in [1.165, 1.54) is 6.42 Å². The molecule has 1 amide bonds. The Morgan fingerprint density at radius 1 is 1.11 bits per heavy atom. The molecule has 0 radical (unpaired) electrons. The van der Waals surface area contributed by atoms with Crippen molar-refractivity contribution in [1.82, 2.24) is 14.5 Å². The van der Waals surface area contributed by atoms with Gasteiger partial charge >= 0.3 is 0 Å². The van der Waals surface area contributed by atoms with Gasteiger partial charge < -0.3 is 9.64 Å². The molecule has 0 aliphatic heterocycles. The van der Waals surface area contributed by atoms with Crippen LogP contribution < -0.4 is 5.56 Å². The lowest BCUT2D eigenvalue weighted by Gasteiger charge is -2.36. The Bertz CT molecular complexity index is 1200. The molecule has 186 valence electrons. The van der Waals surface area contributed by atoms with E-state index in [-0.39, 0.29) is 23.4 Å². The van der Waals surface area contributed by atoms with Gasteiger partial charge in [-0.2, -0.15) is 0 Å². The van der Waals surface area contributed by atoms with Gasteiger partial charge in [-0.05, 0) is 56.9 Å². The molecule has 1 aliphatic rings. The fourth-order valence-corrected chi connectivity index (χ4v) is 5.24. The number of rotatable bonds is 9. The van der Waals surface area contributed by atoms with Gasteiger partial charge in [0.2, 0.25) is 5.91 Å². The number of fused-ring (bicyclic) bond motifs is 1. The second kappa shape index (κ2) is 11.6. The lowest BCUT2D eigenvalue weighted by Crippen LogP contribution is -2.42. The zero-order chi connectivity index (χ0) is 24.8. The zero-order valence-corrected chi connectivity index (χ0v) is 21.2. The fourth-order valence-electron chi connectivity index (χ4n) is 5.24. The normalized spacial score (nSPS) is 15.3. The smallest absolute Gasteiger partial charge is 0.266 e. The summed E-state index contributed by atoms with van der Waals surface area (Å²) in [5.41, 5.74) is 2.46. The third-order valence-corrected chi connectivity index (χ3v) is 7.14. The van der Waals surface area contributed by atoms with Gasteiger partial charge in [0, 0.05) is 26.2 Å². The number of amides is 1. The van der Waals surface area contributed by atoms with Gasteiger partial charge in [0.05, 0.1) is 22.6 Å². The van der Waals surface area contributed by atoms with E-state index in [4.69, 9.17) is 9.72 Å². The highest BCUT2D eigenvalue weighted by Gasteiger charge is 2.33. The van der Waals surface area contributed by atoms with Crippen molar-refractivity contribution < 1.29 is 9.53 Å². The first-order valence-corrected chi connectivity index (χ1v) is 12.9. The first-order valence-electron chi connectivity index (χ1n) is 12.9. The summed E-state index contributed by atoms with van der Waals surface area (Å²) in [7, 11) is 1.69. The van der Waals surface area contributed by atoms with Crippen LogP contribution in [0.4, 0.5) is 0 Å². The average Bonchev–Trinajstić information content (AvgIpc) is 2.89. The van der Waals surface area contributed by atoms with E-state index >= 15 is 0 Å². The molecule has 1 aromatic heterocycles. The third kappa shape index (κ3) is 5.48.